The number of fused-ring (bicyclic) bond motifs is 2. The van der Waals surface area contributed by atoms with Crippen LogP contribution < -0.4 is 5.32 Å². The van der Waals surface area contributed by atoms with Crippen LogP contribution in [0.2, 0.25) is 0 Å². The number of piperidine rings is 1. The summed E-state index contributed by atoms with van der Waals surface area (Å²) in [5.74, 6) is 0.136. The predicted octanol–water partition coefficient (Wildman–Crippen LogP) is 2.79. The van der Waals surface area contributed by atoms with E-state index in [1.165, 1.54) is 0 Å². The summed E-state index contributed by atoms with van der Waals surface area (Å²) in [6, 6.07) is 13.3. The molecule has 1 N–H and O–H groups in total. The molecule has 2 heterocycles. The maximum Gasteiger partial charge on any atom is 0.247 e. The number of hydrogen-bond acceptors (Lipinski definition) is 3. The Kier molecular flexibility index (Phi) is 5.01. The molecule has 3 atom stereocenters. The van der Waals surface area contributed by atoms with Gasteiger partial charge in [0, 0.05) is 31.1 Å². The van der Waals surface area contributed by atoms with Crippen molar-refractivity contribution in [2.45, 2.75) is 37.9 Å². The minimum Gasteiger partial charge on any atom is -0.350 e. The van der Waals surface area contributed by atoms with Gasteiger partial charge in [-0.05, 0) is 54.5 Å². The average Bonchev–Trinajstić information content (AvgIpc) is 3.33. The maximum absolute atomic E-state index is 12.9. The van der Waals surface area contributed by atoms with Crippen molar-refractivity contribution in [2.75, 3.05) is 0 Å². The van der Waals surface area contributed by atoms with Gasteiger partial charge in [0.15, 0.2) is 0 Å². The van der Waals surface area contributed by atoms with Crippen LogP contribution in [0.5, 0.6) is 0 Å². The topological polar surface area (TPSA) is 62.3 Å². The second kappa shape index (κ2) is 7.74. The van der Waals surface area contributed by atoms with Gasteiger partial charge in [0.25, 0.3) is 0 Å². The Morgan fingerprint density at radius 1 is 1.11 bits per heavy atom. The number of nitrogens with one attached hydrogen (secondary N) is 1. The zero-order valence-corrected chi connectivity index (χ0v) is 15.1. The number of hydrogen-bond donors (Lipinski definition) is 1. The van der Waals surface area contributed by atoms with Gasteiger partial charge in [-0.3, -0.25) is 14.6 Å². The maximum atomic E-state index is 12.9. The van der Waals surface area contributed by atoms with E-state index in [9.17, 15) is 9.59 Å². The molecule has 1 saturated carbocycles. The highest BCUT2D eigenvalue weighted by molar-refractivity contribution is 5.96. The lowest BCUT2D eigenvalue weighted by atomic mass is 9.97. The zero-order chi connectivity index (χ0) is 18.6. The van der Waals surface area contributed by atoms with Crippen molar-refractivity contribution in [2.24, 2.45) is 5.92 Å². The average molecular weight is 361 g/mol. The van der Waals surface area contributed by atoms with Gasteiger partial charge in [-0.1, -0.05) is 30.3 Å². The van der Waals surface area contributed by atoms with Crippen molar-refractivity contribution in [3.8, 4) is 0 Å². The van der Waals surface area contributed by atoms with Gasteiger partial charge in [0.05, 0.1) is 0 Å². The molecule has 1 aromatic heterocycles. The van der Waals surface area contributed by atoms with Crippen molar-refractivity contribution >= 4 is 17.9 Å². The van der Waals surface area contributed by atoms with E-state index >= 15 is 0 Å². The molecule has 0 radical (unpaired) electrons. The number of pyridine rings is 1. The molecular formula is C22H23N3O2. The molecule has 1 saturated heterocycles. The minimum absolute atomic E-state index is 0.0551. The SMILES string of the molecule is O=C(NCc1ccncc1)C1C2CCC(C2)N1C(=O)C=Cc1ccccc1. The van der Waals surface area contributed by atoms with Gasteiger partial charge < -0.3 is 10.2 Å². The molecular weight excluding hydrogens is 338 g/mol. The van der Waals surface area contributed by atoms with E-state index in [4.69, 9.17) is 0 Å². The molecule has 2 aliphatic rings. The van der Waals surface area contributed by atoms with Crippen LogP contribution >= 0.6 is 0 Å². The summed E-state index contributed by atoms with van der Waals surface area (Å²) in [5, 5.41) is 3.00. The third-order valence-electron chi connectivity index (χ3n) is 5.54. The van der Waals surface area contributed by atoms with Crippen molar-refractivity contribution in [3.63, 3.8) is 0 Å². The second-order valence-corrected chi connectivity index (χ2v) is 7.23. The van der Waals surface area contributed by atoms with Gasteiger partial charge in [-0.2, -0.15) is 0 Å². The lowest BCUT2D eigenvalue weighted by Gasteiger charge is -2.33. The summed E-state index contributed by atoms with van der Waals surface area (Å²) >= 11 is 0. The van der Waals surface area contributed by atoms with Crippen molar-refractivity contribution in [1.29, 1.82) is 0 Å². The van der Waals surface area contributed by atoms with Gasteiger partial charge >= 0.3 is 0 Å². The Hall–Kier alpha value is -2.95. The number of carbonyl (C=O) groups is 2. The van der Waals surface area contributed by atoms with Crippen LogP contribution in [0.4, 0.5) is 0 Å². The Balaban J connectivity index is 1.45. The lowest BCUT2D eigenvalue weighted by Crippen LogP contribution is -2.52. The van der Waals surface area contributed by atoms with Crippen LogP contribution in [-0.2, 0) is 16.1 Å². The van der Waals surface area contributed by atoms with Crippen LogP contribution in [0.1, 0.15) is 30.4 Å². The fourth-order valence-electron chi connectivity index (χ4n) is 4.25. The fraction of sp³-hybridized carbons (Fsp3) is 0.318. The first-order valence-electron chi connectivity index (χ1n) is 9.44. The molecule has 5 heteroatoms. The Labute approximate surface area is 159 Å². The molecule has 1 aromatic carbocycles. The second-order valence-electron chi connectivity index (χ2n) is 7.23. The fourth-order valence-corrected chi connectivity index (χ4v) is 4.25. The monoisotopic (exact) mass is 361 g/mol. The van der Waals surface area contributed by atoms with E-state index in [-0.39, 0.29) is 29.8 Å². The third kappa shape index (κ3) is 3.77. The van der Waals surface area contributed by atoms with Crippen LogP contribution in [0, 0.1) is 5.92 Å². The summed E-state index contributed by atoms with van der Waals surface area (Å²) in [4.78, 5) is 31.5. The van der Waals surface area contributed by atoms with E-state index in [0.717, 1.165) is 30.4 Å². The third-order valence-corrected chi connectivity index (χ3v) is 5.54. The van der Waals surface area contributed by atoms with E-state index in [1.807, 2.05) is 48.5 Å². The number of nitrogens with zero attached hydrogens (tertiary/aromatic N) is 2. The molecule has 3 unspecified atom stereocenters. The Morgan fingerprint density at radius 2 is 1.89 bits per heavy atom. The normalized spacial score (nSPS) is 23.7. The summed E-state index contributed by atoms with van der Waals surface area (Å²) in [6.07, 6.45) is 9.78. The summed E-state index contributed by atoms with van der Waals surface area (Å²) in [7, 11) is 0. The van der Waals surface area contributed by atoms with E-state index in [2.05, 4.69) is 10.3 Å². The molecule has 27 heavy (non-hydrogen) atoms. The van der Waals surface area contributed by atoms with Crippen LogP contribution in [0.25, 0.3) is 6.08 Å². The van der Waals surface area contributed by atoms with E-state index < -0.39 is 0 Å². The summed E-state index contributed by atoms with van der Waals surface area (Å²) in [5.41, 5.74) is 1.98. The van der Waals surface area contributed by atoms with Crippen LogP contribution in [-0.4, -0.2) is 33.8 Å². The summed E-state index contributed by atoms with van der Waals surface area (Å²) in [6.45, 7) is 0.455. The molecule has 1 aliphatic heterocycles. The van der Waals surface area contributed by atoms with Gasteiger partial charge in [-0.25, -0.2) is 0 Å². The molecule has 2 fully saturated rings. The predicted molar refractivity (Wildman–Crippen MR) is 103 cm³/mol. The Morgan fingerprint density at radius 3 is 2.67 bits per heavy atom. The number of aromatic nitrogens is 1. The number of rotatable bonds is 5. The largest absolute Gasteiger partial charge is 0.350 e. The smallest absolute Gasteiger partial charge is 0.247 e. The molecule has 2 amide bonds. The van der Waals surface area contributed by atoms with Gasteiger partial charge in [-0.15, -0.1) is 0 Å². The van der Waals surface area contributed by atoms with Gasteiger partial charge in [0.1, 0.15) is 6.04 Å². The van der Waals surface area contributed by atoms with Crippen molar-refractivity contribution in [3.05, 3.63) is 72.1 Å². The van der Waals surface area contributed by atoms with Crippen molar-refractivity contribution < 1.29 is 9.59 Å². The number of carbonyl (C=O) groups excluding carboxylic acids is 2. The molecule has 1 aliphatic carbocycles. The Bertz CT molecular complexity index is 835. The van der Waals surface area contributed by atoms with Crippen LogP contribution in [0.15, 0.2) is 60.9 Å². The number of likely N-dealkylation sites (tertiary alicyclic amines) is 1. The van der Waals surface area contributed by atoms with Crippen LogP contribution in [0.3, 0.4) is 0 Å². The highest BCUT2D eigenvalue weighted by Gasteiger charge is 2.50. The van der Waals surface area contributed by atoms with Gasteiger partial charge in [0.2, 0.25) is 11.8 Å². The molecule has 0 spiro atoms. The highest BCUT2D eigenvalue weighted by Crippen LogP contribution is 2.42. The quantitative estimate of drug-likeness (QED) is 0.833. The van der Waals surface area contributed by atoms with E-state index in [1.54, 1.807) is 23.4 Å². The standard InChI is InChI=1S/C22H23N3O2/c26-20(9-6-16-4-2-1-3-5-16)25-19-8-7-18(14-19)21(25)22(27)24-15-17-10-12-23-13-11-17/h1-6,9-13,18-19,21H,7-8,14-15H2,(H,24,27). The first-order chi connectivity index (χ1) is 13.2. The molecule has 2 aromatic rings. The first-order valence-corrected chi connectivity index (χ1v) is 9.44. The lowest BCUT2D eigenvalue weighted by molar-refractivity contribution is -0.139. The number of benzene rings is 1. The minimum atomic E-state index is -0.362. The van der Waals surface area contributed by atoms with Crippen molar-refractivity contribution in [1.82, 2.24) is 15.2 Å². The van der Waals surface area contributed by atoms with E-state index in [0.29, 0.717) is 6.54 Å². The summed E-state index contributed by atoms with van der Waals surface area (Å²) < 4.78 is 0. The zero-order valence-electron chi connectivity index (χ0n) is 15.1. The molecule has 5 nitrogen and oxygen atoms in total. The molecule has 4 rings (SSSR count). The molecule has 138 valence electrons. The number of amides is 2. The first kappa shape index (κ1) is 17.5. The molecule has 2 bridgehead atoms. The highest BCUT2D eigenvalue weighted by atomic mass is 16.2.